The van der Waals surface area contributed by atoms with Gasteiger partial charge in [-0.15, -0.1) is 0 Å². The third-order valence-electron chi connectivity index (χ3n) is 4.97. The first-order valence-corrected chi connectivity index (χ1v) is 12.0. The molecule has 1 aromatic heterocycles. The lowest BCUT2D eigenvalue weighted by molar-refractivity contribution is -0.137. The Kier molecular flexibility index (Phi) is 6.90. The van der Waals surface area contributed by atoms with Gasteiger partial charge in [-0.05, 0) is 37.1 Å². The number of hydrogen-bond acceptors (Lipinski definition) is 5. The predicted octanol–water partition coefficient (Wildman–Crippen LogP) is 6.00. The highest BCUT2D eigenvalue weighted by Gasteiger charge is 2.38. The van der Waals surface area contributed by atoms with E-state index in [-0.39, 0.29) is 29.1 Å². The maximum absolute atomic E-state index is 13.4. The van der Waals surface area contributed by atoms with E-state index in [1.807, 2.05) is 0 Å². The lowest BCUT2D eigenvalue weighted by atomic mass is 9.94. The van der Waals surface area contributed by atoms with Crippen molar-refractivity contribution >= 4 is 32.9 Å². The maximum atomic E-state index is 13.4. The van der Waals surface area contributed by atoms with E-state index >= 15 is 0 Å². The normalized spacial score (nSPS) is 18.4. The van der Waals surface area contributed by atoms with Crippen LogP contribution in [0.1, 0.15) is 41.6 Å². The monoisotopic (exact) mass is 511 g/mol. The van der Waals surface area contributed by atoms with E-state index in [1.165, 1.54) is 18.3 Å². The number of carbonyl (C=O) groups excluding carboxylic acids is 1. The highest BCUT2D eigenvalue weighted by molar-refractivity contribution is 7.91. The van der Waals surface area contributed by atoms with Crippen molar-refractivity contribution in [2.75, 3.05) is 11.6 Å². The molecule has 0 bridgehead atoms. The zero-order chi connectivity index (χ0) is 24.6. The first kappa shape index (κ1) is 25.2. The van der Waals surface area contributed by atoms with Crippen LogP contribution in [0.2, 0.25) is 5.02 Å². The van der Waals surface area contributed by atoms with Gasteiger partial charge < -0.3 is 10.1 Å². The van der Waals surface area contributed by atoms with Gasteiger partial charge in [0.2, 0.25) is 5.92 Å². The Labute approximate surface area is 191 Å². The predicted molar refractivity (Wildman–Crippen MR) is 112 cm³/mol. The SMILES string of the molecule is CS(=N)(=O)c1cc(NC(=O)c2cc(Cl)c(C(F)(F)F)cc2OC2CCC(F)(F)CC2)ccn1. The number of anilines is 1. The zero-order valence-electron chi connectivity index (χ0n) is 17.1. The molecule has 0 saturated heterocycles. The first-order valence-electron chi connectivity index (χ1n) is 9.62. The van der Waals surface area contributed by atoms with Gasteiger partial charge in [-0.3, -0.25) is 4.79 Å². The number of rotatable bonds is 5. The number of nitrogens with zero attached hydrogens (tertiary/aromatic N) is 1. The van der Waals surface area contributed by atoms with E-state index < -0.39 is 63.0 Å². The minimum atomic E-state index is -4.83. The summed E-state index contributed by atoms with van der Waals surface area (Å²) in [5.74, 6) is -4.22. The number of halogens is 6. The molecular formula is C20H19ClF5N3O3S. The summed E-state index contributed by atoms with van der Waals surface area (Å²) in [6, 6.07) is 3.90. The number of hydrogen-bond donors (Lipinski definition) is 2. The van der Waals surface area contributed by atoms with Gasteiger partial charge in [-0.25, -0.2) is 22.8 Å². The average Bonchev–Trinajstić information content (AvgIpc) is 2.69. The fraction of sp³-hybridized carbons (Fsp3) is 0.400. The molecule has 0 radical (unpaired) electrons. The molecule has 1 aliphatic carbocycles. The highest BCUT2D eigenvalue weighted by atomic mass is 35.5. The van der Waals surface area contributed by atoms with Crippen LogP contribution < -0.4 is 10.1 Å². The van der Waals surface area contributed by atoms with Crippen LogP contribution in [0.25, 0.3) is 0 Å². The van der Waals surface area contributed by atoms with E-state index in [9.17, 15) is 31.0 Å². The van der Waals surface area contributed by atoms with Gasteiger partial charge in [0.25, 0.3) is 5.91 Å². The second kappa shape index (κ2) is 9.05. The molecule has 33 heavy (non-hydrogen) atoms. The van der Waals surface area contributed by atoms with Gasteiger partial charge in [0.15, 0.2) is 0 Å². The summed E-state index contributed by atoms with van der Waals surface area (Å²) in [5.41, 5.74) is -1.49. The summed E-state index contributed by atoms with van der Waals surface area (Å²) in [6.45, 7) is 0. The number of pyridine rings is 1. The number of ether oxygens (including phenoxy) is 1. The Hall–Kier alpha value is -2.47. The molecule has 2 aromatic rings. The van der Waals surface area contributed by atoms with Crippen LogP contribution in [-0.2, 0) is 15.9 Å². The standard InChI is InChI=1S/C20H19ClF5N3O3S/c1-33(27,31)17-8-11(4-7-28-17)29-18(30)13-9-15(21)14(20(24,25)26)10-16(13)32-12-2-5-19(22,23)6-3-12/h4,7-10,12,27H,2-3,5-6H2,1H3,(H,28,29,30). The van der Waals surface area contributed by atoms with E-state index in [1.54, 1.807) is 0 Å². The molecule has 1 aliphatic rings. The first-order chi connectivity index (χ1) is 15.2. The molecule has 13 heteroatoms. The fourth-order valence-corrected chi connectivity index (χ4v) is 4.14. The van der Waals surface area contributed by atoms with E-state index in [2.05, 4.69) is 10.3 Å². The van der Waals surface area contributed by atoms with Gasteiger partial charge in [-0.2, -0.15) is 13.2 Å². The summed E-state index contributed by atoms with van der Waals surface area (Å²) in [7, 11) is -3.19. The summed E-state index contributed by atoms with van der Waals surface area (Å²) in [4.78, 5) is 16.7. The largest absolute Gasteiger partial charge is 0.490 e. The lowest BCUT2D eigenvalue weighted by Crippen LogP contribution is -2.31. The van der Waals surface area contributed by atoms with E-state index in [0.29, 0.717) is 6.07 Å². The number of carbonyl (C=O) groups is 1. The van der Waals surface area contributed by atoms with Crippen LogP contribution in [0.3, 0.4) is 0 Å². The van der Waals surface area contributed by atoms with Crippen molar-refractivity contribution in [1.82, 2.24) is 4.98 Å². The van der Waals surface area contributed by atoms with Crippen LogP contribution in [0, 0.1) is 4.78 Å². The van der Waals surface area contributed by atoms with Gasteiger partial charge in [0.05, 0.1) is 32.0 Å². The minimum Gasteiger partial charge on any atom is -0.490 e. The molecule has 1 saturated carbocycles. The smallest absolute Gasteiger partial charge is 0.417 e. The molecule has 0 aliphatic heterocycles. The number of amides is 1. The third-order valence-corrected chi connectivity index (χ3v) is 6.30. The van der Waals surface area contributed by atoms with Crippen LogP contribution in [0.5, 0.6) is 5.75 Å². The number of aromatic nitrogens is 1. The van der Waals surface area contributed by atoms with Crippen molar-refractivity contribution in [3.05, 3.63) is 46.6 Å². The highest BCUT2D eigenvalue weighted by Crippen LogP contribution is 2.41. The lowest BCUT2D eigenvalue weighted by Gasteiger charge is -2.29. The molecule has 3 rings (SSSR count). The molecule has 1 atom stereocenters. The van der Waals surface area contributed by atoms with Gasteiger partial charge in [-0.1, -0.05) is 11.6 Å². The fourth-order valence-electron chi connectivity index (χ4n) is 3.26. The maximum Gasteiger partial charge on any atom is 0.417 e. The van der Waals surface area contributed by atoms with Crippen molar-refractivity contribution in [2.24, 2.45) is 0 Å². The Bertz CT molecular complexity index is 1160. The molecule has 1 amide bonds. The molecule has 6 nitrogen and oxygen atoms in total. The van der Waals surface area contributed by atoms with E-state index in [0.717, 1.165) is 12.3 Å². The minimum absolute atomic E-state index is 0.0890. The van der Waals surface area contributed by atoms with Crippen molar-refractivity contribution in [3.63, 3.8) is 0 Å². The van der Waals surface area contributed by atoms with Crippen LogP contribution >= 0.6 is 11.6 Å². The third kappa shape index (κ3) is 6.32. The second-order valence-electron chi connectivity index (χ2n) is 7.68. The van der Waals surface area contributed by atoms with Crippen molar-refractivity contribution in [2.45, 2.75) is 48.9 Å². The molecule has 1 aromatic carbocycles. The zero-order valence-corrected chi connectivity index (χ0v) is 18.7. The van der Waals surface area contributed by atoms with Gasteiger partial charge >= 0.3 is 6.18 Å². The Morgan fingerprint density at radius 3 is 2.48 bits per heavy atom. The molecule has 1 fully saturated rings. The van der Waals surface area contributed by atoms with Crippen LogP contribution in [-0.4, -0.2) is 33.4 Å². The van der Waals surface area contributed by atoms with Crippen LogP contribution in [0.4, 0.5) is 27.6 Å². The number of benzene rings is 1. The second-order valence-corrected chi connectivity index (χ2v) is 10.2. The van der Waals surface area contributed by atoms with Crippen molar-refractivity contribution in [1.29, 1.82) is 4.78 Å². The topological polar surface area (TPSA) is 92.1 Å². The Morgan fingerprint density at radius 2 is 1.91 bits per heavy atom. The molecule has 180 valence electrons. The van der Waals surface area contributed by atoms with Crippen molar-refractivity contribution in [3.8, 4) is 5.75 Å². The average molecular weight is 512 g/mol. The number of nitrogens with one attached hydrogen (secondary N) is 2. The molecular weight excluding hydrogens is 493 g/mol. The van der Waals surface area contributed by atoms with Gasteiger partial charge in [0.1, 0.15) is 10.8 Å². The Balaban J connectivity index is 1.94. The molecule has 2 N–H and O–H groups in total. The molecule has 1 unspecified atom stereocenters. The Morgan fingerprint density at radius 1 is 1.27 bits per heavy atom. The van der Waals surface area contributed by atoms with Gasteiger partial charge in [0, 0.05) is 31.0 Å². The summed E-state index contributed by atoms with van der Waals surface area (Å²) in [6.07, 6.45) is -4.46. The quantitative estimate of drug-likeness (QED) is 0.482. The summed E-state index contributed by atoms with van der Waals surface area (Å²) >= 11 is 5.77. The van der Waals surface area contributed by atoms with Crippen molar-refractivity contribution < 1.29 is 35.7 Å². The summed E-state index contributed by atoms with van der Waals surface area (Å²) < 4.78 is 92.0. The molecule has 1 heterocycles. The summed E-state index contributed by atoms with van der Waals surface area (Å²) in [5, 5.41) is 1.57. The molecule has 0 spiro atoms. The van der Waals surface area contributed by atoms with Crippen LogP contribution in [0.15, 0.2) is 35.5 Å². The number of alkyl halides is 5. The van der Waals surface area contributed by atoms with E-state index in [4.69, 9.17) is 21.1 Å².